The summed E-state index contributed by atoms with van der Waals surface area (Å²) in [5.74, 6) is -1.24. The number of rotatable bonds is 3. The first kappa shape index (κ1) is 12.8. The first-order chi connectivity index (χ1) is 8.08. The van der Waals surface area contributed by atoms with Crippen molar-refractivity contribution in [3.63, 3.8) is 0 Å². The number of hydrogen-bond donors (Lipinski definition) is 1. The van der Waals surface area contributed by atoms with Gasteiger partial charge in [0.25, 0.3) is 0 Å². The van der Waals surface area contributed by atoms with Gasteiger partial charge in [-0.3, -0.25) is 0 Å². The van der Waals surface area contributed by atoms with Crippen LogP contribution in [0.15, 0.2) is 30.3 Å². The molecule has 0 heterocycles. The van der Waals surface area contributed by atoms with Crippen LogP contribution < -0.4 is 0 Å². The van der Waals surface area contributed by atoms with Crippen LogP contribution in [0.5, 0.6) is 5.75 Å². The zero-order valence-electron chi connectivity index (χ0n) is 9.47. The fourth-order valence-electron chi connectivity index (χ4n) is 1.19. The number of esters is 2. The van der Waals surface area contributed by atoms with Crippen molar-refractivity contribution in [2.24, 2.45) is 0 Å². The molecule has 17 heavy (non-hydrogen) atoms. The van der Waals surface area contributed by atoms with Crippen molar-refractivity contribution < 1.29 is 24.2 Å². The van der Waals surface area contributed by atoms with Crippen molar-refractivity contribution in [2.75, 3.05) is 14.2 Å². The minimum atomic E-state index is -0.654. The molecule has 1 aromatic carbocycles. The highest BCUT2D eigenvalue weighted by atomic mass is 16.5. The van der Waals surface area contributed by atoms with Gasteiger partial charge in [-0.25, -0.2) is 9.59 Å². The van der Waals surface area contributed by atoms with Crippen LogP contribution in [-0.4, -0.2) is 31.3 Å². The largest absolute Gasteiger partial charge is 0.508 e. The highest BCUT2D eigenvalue weighted by Gasteiger charge is 2.14. The molecule has 0 amide bonds. The van der Waals surface area contributed by atoms with Crippen molar-refractivity contribution in [3.05, 3.63) is 35.9 Å². The van der Waals surface area contributed by atoms with Crippen LogP contribution in [0.25, 0.3) is 5.57 Å². The fourth-order valence-corrected chi connectivity index (χ4v) is 1.19. The summed E-state index contributed by atoms with van der Waals surface area (Å²) in [4.78, 5) is 22.6. The highest BCUT2D eigenvalue weighted by Crippen LogP contribution is 2.19. The summed E-state index contributed by atoms with van der Waals surface area (Å²) in [5.41, 5.74) is 0.527. The number of hydrogen-bond acceptors (Lipinski definition) is 5. The lowest BCUT2D eigenvalue weighted by molar-refractivity contribution is -0.136. The van der Waals surface area contributed by atoms with Crippen LogP contribution in [0, 0.1) is 0 Å². The minimum Gasteiger partial charge on any atom is -0.508 e. The van der Waals surface area contributed by atoms with Crippen molar-refractivity contribution in [3.8, 4) is 5.75 Å². The summed E-state index contributed by atoms with van der Waals surface area (Å²) in [6.45, 7) is 0. The van der Waals surface area contributed by atoms with Crippen molar-refractivity contribution in [2.45, 2.75) is 0 Å². The van der Waals surface area contributed by atoms with Crippen LogP contribution in [-0.2, 0) is 19.1 Å². The number of ether oxygens (including phenoxy) is 2. The van der Waals surface area contributed by atoms with Crippen LogP contribution in [0.3, 0.4) is 0 Å². The molecule has 0 saturated carbocycles. The number of phenolic OH excluding ortho intramolecular Hbond substituents is 1. The fraction of sp³-hybridized carbons (Fsp3) is 0.167. The Bertz CT molecular complexity index is 444. The molecule has 0 radical (unpaired) electrons. The number of phenols is 1. The molecular weight excluding hydrogens is 224 g/mol. The molecular formula is C12H12O5. The normalized spacial score (nSPS) is 10.8. The molecule has 0 aliphatic rings. The van der Waals surface area contributed by atoms with Crippen LogP contribution in [0.2, 0.25) is 0 Å². The molecule has 1 aromatic rings. The number of aromatic hydroxyl groups is 1. The summed E-state index contributed by atoms with van der Waals surface area (Å²) >= 11 is 0. The van der Waals surface area contributed by atoms with Gasteiger partial charge in [0, 0.05) is 6.08 Å². The Hall–Kier alpha value is -2.30. The third-order valence-electron chi connectivity index (χ3n) is 2.05. The average Bonchev–Trinajstić information content (AvgIpc) is 2.36. The molecule has 0 fully saturated rings. The molecule has 5 nitrogen and oxygen atoms in total. The summed E-state index contributed by atoms with van der Waals surface area (Å²) in [5, 5.41) is 9.14. The van der Waals surface area contributed by atoms with E-state index in [9.17, 15) is 9.59 Å². The predicted molar refractivity (Wildman–Crippen MR) is 60.1 cm³/mol. The summed E-state index contributed by atoms with van der Waals surface area (Å²) in [6.07, 6.45) is 1.04. The molecule has 0 bridgehead atoms. The second kappa shape index (κ2) is 5.69. The Morgan fingerprint density at radius 1 is 1.12 bits per heavy atom. The molecule has 0 aliphatic heterocycles. The molecule has 0 atom stereocenters. The van der Waals surface area contributed by atoms with Gasteiger partial charge in [0.15, 0.2) is 0 Å². The molecule has 0 spiro atoms. The maximum absolute atomic E-state index is 11.5. The van der Waals surface area contributed by atoms with E-state index < -0.39 is 11.9 Å². The van der Waals surface area contributed by atoms with Gasteiger partial charge < -0.3 is 14.6 Å². The lowest BCUT2D eigenvalue weighted by Crippen LogP contribution is -2.07. The molecule has 90 valence electrons. The first-order valence-corrected chi connectivity index (χ1v) is 4.76. The van der Waals surface area contributed by atoms with Crippen LogP contribution in [0.1, 0.15) is 5.56 Å². The molecule has 0 aliphatic carbocycles. The zero-order valence-corrected chi connectivity index (χ0v) is 9.47. The number of carbonyl (C=O) groups is 2. The Morgan fingerprint density at radius 3 is 2.18 bits per heavy atom. The van der Waals surface area contributed by atoms with E-state index in [0.29, 0.717) is 5.56 Å². The second-order valence-corrected chi connectivity index (χ2v) is 3.12. The molecule has 1 rings (SSSR count). The third kappa shape index (κ3) is 3.34. The van der Waals surface area contributed by atoms with E-state index in [1.165, 1.54) is 38.5 Å². The minimum absolute atomic E-state index is 0.0658. The van der Waals surface area contributed by atoms with E-state index in [-0.39, 0.29) is 11.3 Å². The Kier molecular flexibility index (Phi) is 4.28. The van der Waals surface area contributed by atoms with Gasteiger partial charge in [0.1, 0.15) is 5.75 Å². The van der Waals surface area contributed by atoms with E-state index in [0.717, 1.165) is 6.08 Å². The van der Waals surface area contributed by atoms with E-state index >= 15 is 0 Å². The number of methoxy groups -OCH3 is 2. The maximum Gasteiger partial charge on any atom is 0.338 e. The average molecular weight is 236 g/mol. The second-order valence-electron chi connectivity index (χ2n) is 3.12. The topological polar surface area (TPSA) is 72.8 Å². The predicted octanol–water partition coefficient (Wildman–Crippen LogP) is 1.12. The standard InChI is InChI=1S/C12H12O5/c1-16-11(14)7-10(12(15)17-2)8-3-5-9(13)6-4-8/h3-7,13H,1-2H3/b10-7-. The van der Waals surface area contributed by atoms with Crippen molar-refractivity contribution in [1.82, 2.24) is 0 Å². The molecule has 5 heteroatoms. The van der Waals surface area contributed by atoms with Crippen LogP contribution in [0.4, 0.5) is 0 Å². The van der Waals surface area contributed by atoms with Gasteiger partial charge in [0.05, 0.1) is 19.8 Å². The van der Waals surface area contributed by atoms with E-state index in [1.54, 1.807) is 0 Å². The molecule has 0 saturated heterocycles. The quantitative estimate of drug-likeness (QED) is 0.629. The monoisotopic (exact) mass is 236 g/mol. The van der Waals surface area contributed by atoms with E-state index in [1.807, 2.05) is 0 Å². The summed E-state index contributed by atoms with van der Waals surface area (Å²) < 4.78 is 9.01. The molecule has 0 unspecified atom stereocenters. The lowest BCUT2D eigenvalue weighted by atomic mass is 10.1. The molecule has 1 N–H and O–H groups in total. The highest BCUT2D eigenvalue weighted by molar-refractivity contribution is 6.20. The third-order valence-corrected chi connectivity index (χ3v) is 2.05. The van der Waals surface area contributed by atoms with Crippen molar-refractivity contribution >= 4 is 17.5 Å². The van der Waals surface area contributed by atoms with Gasteiger partial charge in [-0.05, 0) is 17.7 Å². The zero-order chi connectivity index (χ0) is 12.8. The van der Waals surface area contributed by atoms with E-state index in [2.05, 4.69) is 9.47 Å². The Balaban J connectivity index is 3.15. The van der Waals surface area contributed by atoms with Gasteiger partial charge in [-0.1, -0.05) is 12.1 Å². The maximum atomic E-state index is 11.5. The van der Waals surface area contributed by atoms with Crippen LogP contribution >= 0.6 is 0 Å². The summed E-state index contributed by atoms with van der Waals surface area (Å²) in [6, 6.07) is 5.81. The van der Waals surface area contributed by atoms with Gasteiger partial charge in [-0.15, -0.1) is 0 Å². The SMILES string of the molecule is COC(=O)/C=C(\C(=O)OC)c1ccc(O)cc1. The summed E-state index contributed by atoms with van der Waals surface area (Å²) in [7, 11) is 2.43. The van der Waals surface area contributed by atoms with Gasteiger partial charge in [0.2, 0.25) is 0 Å². The molecule has 0 aromatic heterocycles. The van der Waals surface area contributed by atoms with Crippen molar-refractivity contribution in [1.29, 1.82) is 0 Å². The van der Waals surface area contributed by atoms with Gasteiger partial charge >= 0.3 is 11.9 Å². The first-order valence-electron chi connectivity index (χ1n) is 4.76. The smallest absolute Gasteiger partial charge is 0.338 e. The van der Waals surface area contributed by atoms with Gasteiger partial charge in [-0.2, -0.15) is 0 Å². The Morgan fingerprint density at radius 2 is 1.71 bits per heavy atom. The Labute approximate surface area is 98.3 Å². The van der Waals surface area contributed by atoms with E-state index in [4.69, 9.17) is 5.11 Å². The number of benzene rings is 1. The lowest BCUT2D eigenvalue weighted by Gasteiger charge is -2.05. The number of carbonyl (C=O) groups excluding carboxylic acids is 2.